The molecule has 7 heteroatoms. The fourth-order valence-electron chi connectivity index (χ4n) is 2.25. The first-order valence-electron chi connectivity index (χ1n) is 8.20. The van der Waals surface area contributed by atoms with Crippen LogP contribution in [0.5, 0.6) is 0 Å². The van der Waals surface area contributed by atoms with Crippen LogP contribution in [0.2, 0.25) is 0 Å². The van der Waals surface area contributed by atoms with Gasteiger partial charge in [-0.2, -0.15) is 0 Å². The van der Waals surface area contributed by atoms with E-state index < -0.39 is 0 Å². The van der Waals surface area contributed by atoms with Crippen molar-refractivity contribution >= 4 is 41.7 Å². The molecule has 1 atom stereocenters. The van der Waals surface area contributed by atoms with Gasteiger partial charge in [0, 0.05) is 44.0 Å². The molecule has 0 radical (unpaired) electrons. The van der Waals surface area contributed by atoms with Gasteiger partial charge in [-0.3, -0.25) is 4.99 Å². The minimum Gasteiger partial charge on any atom is -0.379 e. The van der Waals surface area contributed by atoms with Crippen molar-refractivity contribution in [1.82, 2.24) is 10.6 Å². The summed E-state index contributed by atoms with van der Waals surface area (Å²) < 4.78 is 11.0. The second-order valence-corrected chi connectivity index (χ2v) is 6.47. The Bertz CT molecular complexity index is 456. The number of hydrogen-bond donors (Lipinski definition) is 2. The van der Waals surface area contributed by atoms with Gasteiger partial charge in [0.15, 0.2) is 5.96 Å². The third kappa shape index (κ3) is 9.10. The molecule has 0 bridgehead atoms. The Morgan fingerprint density at radius 2 is 2.08 bits per heavy atom. The molecule has 5 nitrogen and oxygen atoms in total. The number of rotatable bonds is 9. The van der Waals surface area contributed by atoms with Crippen molar-refractivity contribution in [2.24, 2.45) is 4.99 Å². The van der Waals surface area contributed by atoms with Crippen LogP contribution < -0.4 is 10.6 Å². The zero-order valence-corrected chi connectivity index (χ0v) is 17.3. The second-order valence-electron chi connectivity index (χ2n) is 5.30. The van der Waals surface area contributed by atoms with Crippen molar-refractivity contribution in [1.29, 1.82) is 0 Å². The largest absolute Gasteiger partial charge is 0.379 e. The number of thioether (sulfide) groups is 1. The maximum absolute atomic E-state index is 5.74. The van der Waals surface area contributed by atoms with Crippen LogP contribution in [0.15, 0.2) is 40.2 Å². The van der Waals surface area contributed by atoms with E-state index in [1.807, 2.05) is 17.8 Å². The SMILES string of the molecule is CN=C(NCCCOC1CCOC1)NCCSc1ccccc1.I. The number of benzene rings is 1. The second kappa shape index (κ2) is 13.7. The van der Waals surface area contributed by atoms with Crippen molar-refractivity contribution < 1.29 is 9.47 Å². The van der Waals surface area contributed by atoms with Crippen LogP contribution in [0.4, 0.5) is 0 Å². The monoisotopic (exact) mass is 465 g/mol. The predicted octanol–water partition coefficient (Wildman–Crippen LogP) is 2.76. The van der Waals surface area contributed by atoms with E-state index in [0.29, 0.717) is 6.10 Å². The third-order valence-corrected chi connectivity index (χ3v) is 4.50. The average Bonchev–Trinajstić information content (AvgIpc) is 3.11. The molecule has 1 aromatic rings. The molecular formula is C17H28IN3O2S. The van der Waals surface area contributed by atoms with Crippen LogP contribution in [0.1, 0.15) is 12.8 Å². The lowest BCUT2D eigenvalue weighted by Crippen LogP contribution is -2.39. The lowest BCUT2D eigenvalue weighted by Gasteiger charge is -2.13. The number of nitrogens with one attached hydrogen (secondary N) is 2. The minimum absolute atomic E-state index is 0. The minimum atomic E-state index is 0. The summed E-state index contributed by atoms with van der Waals surface area (Å²) >= 11 is 1.84. The zero-order valence-electron chi connectivity index (χ0n) is 14.2. The molecule has 1 unspecified atom stereocenters. The molecule has 1 fully saturated rings. The fourth-order valence-corrected chi connectivity index (χ4v) is 3.04. The molecular weight excluding hydrogens is 437 g/mol. The first-order chi connectivity index (χ1) is 11.4. The molecule has 2 rings (SSSR count). The van der Waals surface area contributed by atoms with E-state index in [1.54, 1.807) is 7.05 Å². The number of hydrogen-bond acceptors (Lipinski definition) is 4. The summed E-state index contributed by atoms with van der Waals surface area (Å²) in [7, 11) is 1.80. The van der Waals surface area contributed by atoms with E-state index in [2.05, 4.69) is 39.9 Å². The Morgan fingerprint density at radius 3 is 2.79 bits per heavy atom. The summed E-state index contributed by atoms with van der Waals surface area (Å²) in [6, 6.07) is 10.4. The van der Waals surface area contributed by atoms with Gasteiger partial charge in [0.2, 0.25) is 0 Å². The first kappa shape index (κ1) is 21.5. The van der Waals surface area contributed by atoms with Crippen LogP contribution in [0.3, 0.4) is 0 Å². The lowest BCUT2D eigenvalue weighted by molar-refractivity contribution is 0.0420. The maximum Gasteiger partial charge on any atom is 0.191 e. The Hall–Kier alpha value is -0.510. The Balaban J connectivity index is 0.00000288. The van der Waals surface area contributed by atoms with Crippen molar-refractivity contribution in [2.75, 3.05) is 45.7 Å². The molecule has 0 spiro atoms. The maximum atomic E-state index is 5.74. The van der Waals surface area contributed by atoms with E-state index in [4.69, 9.17) is 9.47 Å². The van der Waals surface area contributed by atoms with E-state index in [0.717, 1.165) is 57.5 Å². The average molecular weight is 465 g/mol. The van der Waals surface area contributed by atoms with E-state index in [1.165, 1.54) is 4.90 Å². The van der Waals surface area contributed by atoms with Crippen LogP contribution >= 0.6 is 35.7 Å². The molecule has 2 N–H and O–H groups in total. The molecule has 0 saturated carbocycles. The van der Waals surface area contributed by atoms with Gasteiger partial charge in [-0.05, 0) is 25.0 Å². The van der Waals surface area contributed by atoms with Gasteiger partial charge in [0.1, 0.15) is 0 Å². The summed E-state index contributed by atoms with van der Waals surface area (Å²) in [6.45, 7) is 4.09. The highest BCUT2D eigenvalue weighted by molar-refractivity contribution is 14.0. The summed E-state index contributed by atoms with van der Waals surface area (Å²) in [6.07, 6.45) is 2.29. The zero-order chi connectivity index (χ0) is 16.2. The number of aliphatic imine (C=N–C) groups is 1. The summed E-state index contributed by atoms with van der Waals surface area (Å²) in [5, 5.41) is 6.64. The summed E-state index contributed by atoms with van der Waals surface area (Å²) in [5.74, 6) is 1.86. The predicted molar refractivity (Wildman–Crippen MR) is 112 cm³/mol. The quantitative estimate of drug-likeness (QED) is 0.193. The lowest BCUT2D eigenvalue weighted by atomic mass is 10.3. The van der Waals surface area contributed by atoms with Gasteiger partial charge in [-0.1, -0.05) is 18.2 Å². The highest BCUT2D eigenvalue weighted by Crippen LogP contribution is 2.15. The van der Waals surface area contributed by atoms with Gasteiger partial charge >= 0.3 is 0 Å². The molecule has 1 aliphatic heterocycles. The van der Waals surface area contributed by atoms with E-state index >= 15 is 0 Å². The van der Waals surface area contributed by atoms with E-state index in [-0.39, 0.29) is 24.0 Å². The van der Waals surface area contributed by atoms with E-state index in [9.17, 15) is 0 Å². The summed E-state index contributed by atoms with van der Waals surface area (Å²) in [4.78, 5) is 5.53. The fraction of sp³-hybridized carbons (Fsp3) is 0.588. The molecule has 0 amide bonds. The van der Waals surface area contributed by atoms with Crippen LogP contribution in [0, 0.1) is 0 Å². The van der Waals surface area contributed by atoms with Gasteiger partial charge < -0.3 is 20.1 Å². The first-order valence-corrected chi connectivity index (χ1v) is 9.19. The van der Waals surface area contributed by atoms with Gasteiger partial charge in [-0.25, -0.2) is 0 Å². The molecule has 1 aliphatic rings. The highest BCUT2D eigenvalue weighted by atomic mass is 127. The molecule has 1 saturated heterocycles. The standard InChI is InChI=1S/C17H27N3O2S.HI/c1-18-17(19-9-5-11-22-15-8-12-21-14-15)20-10-13-23-16-6-3-2-4-7-16;/h2-4,6-7,15H,5,8-14H2,1H3,(H2,18,19,20);1H. The Morgan fingerprint density at radius 1 is 1.29 bits per heavy atom. The van der Waals surface area contributed by atoms with Crippen LogP contribution in [-0.2, 0) is 9.47 Å². The highest BCUT2D eigenvalue weighted by Gasteiger charge is 2.15. The molecule has 0 aliphatic carbocycles. The summed E-state index contributed by atoms with van der Waals surface area (Å²) in [5.41, 5.74) is 0. The molecule has 24 heavy (non-hydrogen) atoms. The van der Waals surface area contributed by atoms with Gasteiger partial charge in [-0.15, -0.1) is 35.7 Å². The Labute approximate surface area is 166 Å². The topological polar surface area (TPSA) is 54.9 Å². The molecule has 136 valence electrons. The molecule has 1 aromatic carbocycles. The molecule has 1 heterocycles. The van der Waals surface area contributed by atoms with Crippen LogP contribution in [-0.4, -0.2) is 57.8 Å². The van der Waals surface area contributed by atoms with Crippen molar-refractivity contribution in [3.8, 4) is 0 Å². The molecule has 0 aromatic heterocycles. The number of ether oxygens (including phenoxy) is 2. The van der Waals surface area contributed by atoms with Crippen molar-refractivity contribution in [3.05, 3.63) is 30.3 Å². The van der Waals surface area contributed by atoms with Crippen molar-refractivity contribution in [2.45, 2.75) is 23.8 Å². The smallest absolute Gasteiger partial charge is 0.191 e. The number of halogens is 1. The number of nitrogens with zero attached hydrogens (tertiary/aromatic N) is 1. The van der Waals surface area contributed by atoms with Crippen molar-refractivity contribution in [3.63, 3.8) is 0 Å². The third-order valence-electron chi connectivity index (χ3n) is 3.49. The van der Waals surface area contributed by atoms with Crippen LogP contribution in [0.25, 0.3) is 0 Å². The van der Waals surface area contributed by atoms with Gasteiger partial charge in [0.25, 0.3) is 0 Å². The van der Waals surface area contributed by atoms with Gasteiger partial charge in [0.05, 0.1) is 12.7 Å². The Kier molecular flexibility index (Phi) is 12.3. The number of guanidine groups is 1. The normalized spacial score (nSPS) is 17.4.